The van der Waals surface area contributed by atoms with Gasteiger partial charge in [0.1, 0.15) is 0 Å². The number of carboxylic acid groups (broad SMARTS) is 1. The number of fused-ring (bicyclic) bond motifs is 2. The number of hydrogen-bond acceptors (Lipinski definition) is 2. The van der Waals surface area contributed by atoms with Gasteiger partial charge in [0.15, 0.2) is 0 Å². The molecule has 0 saturated carbocycles. The molecule has 3 N–H and O–H groups in total. The molecule has 19 heavy (non-hydrogen) atoms. The van der Waals surface area contributed by atoms with E-state index in [4.69, 9.17) is 0 Å². The average Bonchev–Trinajstić information content (AvgIpc) is 2.83. The van der Waals surface area contributed by atoms with Crippen LogP contribution in [-0.4, -0.2) is 28.6 Å². The number of aliphatic carboxylic acids is 1. The fraction of sp³-hybridized carbons (Fsp3) is 0.400. The highest BCUT2D eigenvalue weighted by Gasteiger charge is 2.38. The van der Waals surface area contributed by atoms with Crippen molar-refractivity contribution in [1.29, 1.82) is 0 Å². The molecule has 1 fully saturated rings. The van der Waals surface area contributed by atoms with E-state index in [0.717, 1.165) is 12.8 Å². The third kappa shape index (κ3) is 1.53. The summed E-state index contributed by atoms with van der Waals surface area (Å²) >= 11 is 0. The number of benzene rings is 1. The van der Waals surface area contributed by atoms with Gasteiger partial charge in [-0.3, -0.25) is 4.79 Å². The molecule has 3 atom stereocenters. The van der Waals surface area contributed by atoms with Gasteiger partial charge in [-0.2, -0.15) is 0 Å². The highest BCUT2D eigenvalue weighted by atomic mass is 16.4. The van der Waals surface area contributed by atoms with Crippen LogP contribution in [0.5, 0.6) is 0 Å². The zero-order valence-electron chi connectivity index (χ0n) is 10.5. The zero-order valence-corrected chi connectivity index (χ0v) is 10.5. The first-order valence-corrected chi connectivity index (χ1v) is 6.79. The zero-order chi connectivity index (χ0) is 13.0. The third-order valence-corrected chi connectivity index (χ3v) is 4.66. The first-order valence-electron chi connectivity index (χ1n) is 6.79. The highest BCUT2D eigenvalue weighted by molar-refractivity contribution is 5.88. The van der Waals surface area contributed by atoms with Crippen molar-refractivity contribution in [2.24, 2.45) is 5.92 Å². The maximum atomic E-state index is 11.2. The van der Waals surface area contributed by atoms with Crippen LogP contribution < -0.4 is 5.32 Å². The normalized spacial score (nSPS) is 29.2. The van der Waals surface area contributed by atoms with Crippen LogP contribution in [0.1, 0.15) is 23.5 Å². The summed E-state index contributed by atoms with van der Waals surface area (Å²) in [7, 11) is 0. The minimum absolute atomic E-state index is 0.267. The lowest BCUT2D eigenvalue weighted by Crippen LogP contribution is -2.48. The summed E-state index contributed by atoms with van der Waals surface area (Å²) in [5.41, 5.74) is 3.83. The Morgan fingerprint density at radius 1 is 1.37 bits per heavy atom. The predicted octanol–water partition coefficient (Wildman–Crippen LogP) is 1.87. The molecule has 0 radical (unpaired) electrons. The van der Waals surface area contributed by atoms with E-state index in [1.54, 1.807) is 0 Å². The number of aromatic nitrogens is 1. The lowest BCUT2D eigenvalue weighted by Gasteiger charge is -2.39. The number of hydrogen-bond donors (Lipinski definition) is 3. The second-order valence-corrected chi connectivity index (χ2v) is 5.68. The standard InChI is InChI=1S/C15H16N2O2/c18-15(19)9-4-11-10-2-1-3-12-14(10)8(6-16-12)5-13(11)17-7-9/h1-3,6,9,11,13,16-17H,4-5,7H2,(H,18,19)/t9-,11-,13-/m1/s1. The van der Waals surface area contributed by atoms with Crippen LogP contribution in [0, 0.1) is 5.92 Å². The van der Waals surface area contributed by atoms with Crippen molar-refractivity contribution in [2.75, 3.05) is 6.54 Å². The van der Waals surface area contributed by atoms with Gasteiger partial charge >= 0.3 is 5.97 Å². The van der Waals surface area contributed by atoms with Crippen LogP contribution in [0.15, 0.2) is 24.4 Å². The fourth-order valence-electron chi connectivity index (χ4n) is 3.73. The molecule has 1 aromatic heterocycles. The van der Waals surface area contributed by atoms with E-state index in [-0.39, 0.29) is 5.92 Å². The topological polar surface area (TPSA) is 65.1 Å². The second-order valence-electron chi connectivity index (χ2n) is 5.68. The minimum atomic E-state index is -0.682. The van der Waals surface area contributed by atoms with E-state index in [9.17, 15) is 9.90 Å². The Morgan fingerprint density at radius 3 is 3.11 bits per heavy atom. The molecule has 2 aromatic rings. The maximum Gasteiger partial charge on any atom is 0.307 e. The molecule has 1 saturated heterocycles. The summed E-state index contributed by atoms with van der Waals surface area (Å²) < 4.78 is 0. The Bertz CT molecular complexity index is 661. The van der Waals surface area contributed by atoms with E-state index >= 15 is 0 Å². The Labute approximate surface area is 110 Å². The van der Waals surface area contributed by atoms with Crippen LogP contribution in [0.3, 0.4) is 0 Å². The molecule has 0 bridgehead atoms. The average molecular weight is 256 g/mol. The number of rotatable bonds is 1. The van der Waals surface area contributed by atoms with Crippen molar-refractivity contribution in [3.05, 3.63) is 35.5 Å². The minimum Gasteiger partial charge on any atom is -0.481 e. The van der Waals surface area contributed by atoms with Crippen LogP contribution in [0.4, 0.5) is 0 Å². The van der Waals surface area contributed by atoms with Crippen LogP contribution in [0.25, 0.3) is 10.9 Å². The second kappa shape index (κ2) is 3.84. The van der Waals surface area contributed by atoms with Gasteiger partial charge in [-0.1, -0.05) is 12.1 Å². The van der Waals surface area contributed by atoms with Gasteiger partial charge in [-0.15, -0.1) is 0 Å². The number of piperidine rings is 1. The molecule has 4 heteroatoms. The molecule has 1 aromatic carbocycles. The Hall–Kier alpha value is -1.81. The molecule has 0 amide bonds. The molecule has 1 aliphatic heterocycles. The third-order valence-electron chi connectivity index (χ3n) is 4.66. The van der Waals surface area contributed by atoms with Gasteiger partial charge in [0.25, 0.3) is 0 Å². The number of aromatic amines is 1. The largest absolute Gasteiger partial charge is 0.481 e. The molecule has 4 nitrogen and oxygen atoms in total. The first kappa shape index (κ1) is 11.1. The molecule has 4 rings (SSSR count). The van der Waals surface area contributed by atoms with Crippen LogP contribution in [0.2, 0.25) is 0 Å². The monoisotopic (exact) mass is 256 g/mol. The van der Waals surface area contributed by atoms with Gasteiger partial charge in [0.2, 0.25) is 0 Å². The van der Waals surface area contributed by atoms with E-state index in [0.29, 0.717) is 18.5 Å². The molecule has 98 valence electrons. The molecule has 2 heterocycles. The van der Waals surface area contributed by atoms with Crippen molar-refractivity contribution in [3.63, 3.8) is 0 Å². The number of carboxylic acids is 1. The Morgan fingerprint density at radius 2 is 2.26 bits per heavy atom. The fourth-order valence-corrected chi connectivity index (χ4v) is 3.73. The van der Waals surface area contributed by atoms with Crippen molar-refractivity contribution in [3.8, 4) is 0 Å². The van der Waals surface area contributed by atoms with Gasteiger partial charge in [0, 0.05) is 35.6 Å². The van der Waals surface area contributed by atoms with Crippen LogP contribution in [-0.2, 0) is 11.2 Å². The number of carbonyl (C=O) groups is 1. The smallest absolute Gasteiger partial charge is 0.307 e. The summed E-state index contributed by atoms with van der Waals surface area (Å²) in [5, 5.41) is 14.0. The Balaban J connectivity index is 1.82. The molecular weight excluding hydrogens is 240 g/mol. The van der Waals surface area contributed by atoms with Crippen molar-refractivity contribution < 1.29 is 9.90 Å². The van der Waals surface area contributed by atoms with Crippen molar-refractivity contribution in [1.82, 2.24) is 10.3 Å². The highest BCUT2D eigenvalue weighted by Crippen LogP contribution is 2.41. The summed E-state index contributed by atoms with van der Waals surface area (Å²) in [5.74, 6) is -0.628. The SMILES string of the molecule is O=C(O)[C@H]1CN[C@@H]2Cc3c[nH]c4cccc(c34)[C@H]2C1. The van der Waals surface area contributed by atoms with Gasteiger partial charge in [0.05, 0.1) is 5.92 Å². The van der Waals surface area contributed by atoms with Gasteiger partial charge in [-0.25, -0.2) is 0 Å². The quantitative estimate of drug-likeness (QED) is 0.729. The molecule has 1 aliphatic carbocycles. The number of H-pyrrole nitrogens is 1. The first-order chi connectivity index (χ1) is 9.24. The maximum absolute atomic E-state index is 11.2. The van der Waals surface area contributed by atoms with E-state index in [2.05, 4.69) is 34.7 Å². The van der Waals surface area contributed by atoms with E-state index in [1.165, 1.54) is 22.0 Å². The molecule has 0 unspecified atom stereocenters. The van der Waals surface area contributed by atoms with E-state index in [1.807, 2.05) is 0 Å². The summed E-state index contributed by atoms with van der Waals surface area (Å²) in [6, 6.07) is 6.69. The van der Waals surface area contributed by atoms with Crippen LogP contribution >= 0.6 is 0 Å². The predicted molar refractivity (Wildman–Crippen MR) is 72.3 cm³/mol. The van der Waals surface area contributed by atoms with Crippen molar-refractivity contribution in [2.45, 2.75) is 24.8 Å². The summed E-state index contributed by atoms with van der Waals surface area (Å²) in [4.78, 5) is 14.5. The summed E-state index contributed by atoms with van der Waals surface area (Å²) in [6.07, 6.45) is 3.83. The molecule has 2 aliphatic rings. The molecule has 0 spiro atoms. The molecular formula is C15H16N2O2. The van der Waals surface area contributed by atoms with Crippen molar-refractivity contribution >= 4 is 16.9 Å². The lowest BCUT2D eigenvalue weighted by molar-refractivity contribution is -0.142. The summed E-state index contributed by atoms with van der Waals surface area (Å²) in [6.45, 7) is 0.590. The van der Waals surface area contributed by atoms with E-state index < -0.39 is 5.97 Å². The van der Waals surface area contributed by atoms with Gasteiger partial charge in [-0.05, 0) is 30.0 Å². The van der Waals surface area contributed by atoms with Gasteiger partial charge < -0.3 is 15.4 Å². The number of nitrogens with one attached hydrogen (secondary N) is 2. The Kier molecular flexibility index (Phi) is 2.23. The lowest BCUT2D eigenvalue weighted by atomic mass is 9.73.